The molecule has 1 aromatic carbocycles. The SMILES string of the molecule is Cc1nn(C)c(COc2cc(Cl)ccc2C(N)=S)c1Br. The number of aromatic nitrogens is 2. The zero-order chi connectivity index (χ0) is 14.9. The molecule has 2 N–H and O–H groups in total. The van der Waals surface area contributed by atoms with Crippen LogP contribution in [0.1, 0.15) is 17.0 Å². The molecule has 0 aliphatic heterocycles. The molecule has 1 heterocycles. The molecule has 106 valence electrons. The van der Waals surface area contributed by atoms with Gasteiger partial charge in [-0.05, 0) is 41.1 Å². The van der Waals surface area contributed by atoms with Crippen LogP contribution in [0.25, 0.3) is 0 Å². The minimum Gasteiger partial charge on any atom is -0.486 e. The summed E-state index contributed by atoms with van der Waals surface area (Å²) in [5.74, 6) is 0.566. The Hall–Kier alpha value is -1.11. The third-order valence-electron chi connectivity index (χ3n) is 2.84. The second kappa shape index (κ2) is 6.11. The predicted octanol–water partition coefficient (Wildman–Crippen LogP) is 3.36. The van der Waals surface area contributed by atoms with Crippen LogP contribution >= 0.6 is 39.7 Å². The zero-order valence-electron chi connectivity index (χ0n) is 11.0. The number of nitrogens with zero attached hydrogens (tertiary/aromatic N) is 2. The average molecular weight is 375 g/mol. The number of rotatable bonds is 4. The summed E-state index contributed by atoms with van der Waals surface area (Å²) < 4.78 is 8.50. The fourth-order valence-electron chi connectivity index (χ4n) is 1.80. The lowest BCUT2D eigenvalue weighted by atomic mass is 10.2. The van der Waals surface area contributed by atoms with E-state index in [9.17, 15) is 0 Å². The van der Waals surface area contributed by atoms with Crippen LogP contribution in [0.5, 0.6) is 5.75 Å². The first-order chi connectivity index (χ1) is 9.40. The lowest BCUT2D eigenvalue weighted by molar-refractivity contribution is 0.293. The molecular weight excluding hydrogens is 362 g/mol. The smallest absolute Gasteiger partial charge is 0.131 e. The second-order valence-electron chi connectivity index (χ2n) is 4.26. The summed E-state index contributed by atoms with van der Waals surface area (Å²) in [6.07, 6.45) is 0. The molecule has 0 radical (unpaired) electrons. The number of ether oxygens (including phenoxy) is 1. The minimum absolute atomic E-state index is 0.275. The van der Waals surface area contributed by atoms with Gasteiger partial charge in [0.2, 0.25) is 0 Å². The van der Waals surface area contributed by atoms with Gasteiger partial charge in [0.05, 0.1) is 21.4 Å². The van der Waals surface area contributed by atoms with Gasteiger partial charge >= 0.3 is 0 Å². The molecule has 0 amide bonds. The quantitative estimate of drug-likeness (QED) is 0.834. The summed E-state index contributed by atoms with van der Waals surface area (Å²) in [7, 11) is 1.86. The molecule has 0 aliphatic rings. The molecular formula is C13H13BrClN3OS. The third-order valence-corrected chi connectivity index (χ3v) is 4.32. The summed E-state index contributed by atoms with van der Waals surface area (Å²) in [5, 5.41) is 4.88. The molecule has 0 spiro atoms. The number of nitrogens with two attached hydrogens (primary N) is 1. The molecule has 2 rings (SSSR count). The number of hydrogen-bond donors (Lipinski definition) is 1. The highest BCUT2D eigenvalue weighted by Crippen LogP contribution is 2.26. The van der Waals surface area contributed by atoms with Crippen molar-refractivity contribution in [3.63, 3.8) is 0 Å². The molecule has 20 heavy (non-hydrogen) atoms. The highest BCUT2D eigenvalue weighted by Gasteiger charge is 2.13. The molecule has 7 heteroatoms. The molecule has 0 aliphatic carbocycles. The minimum atomic E-state index is 0.275. The topological polar surface area (TPSA) is 53.1 Å². The van der Waals surface area contributed by atoms with Gasteiger partial charge in [0, 0.05) is 12.1 Å². The van der Waals surface area contributed by atoms with E-state index in [0.717, 1.165) is 15.9 Å². The van der Waals surface area contributed by atoms with Crippen LogP contribution in [0.4, 0.5) is 0 Å². The predicted molar refractivity (Wildman–Crippen MR) is 87.3 cm³/mol. The molecule has 2 aromatic rings. The Morgan fingerprint density at radius 1 is 1.55 bits per heavy atom. The molecule has 0 bridgehead atoms. The van der Waals surface area contributed by atoms with Gasteiger partial charge in [0.1, 0.15) is 17.3 Å². The van der Waals surface area contributed by atoms with Crippen molar-refractivity contribution in [2.24, 2.45) is 12.8 Å². The van der Waals surface area contributed by atoms with E-state index >= 15 is 0 Å². The van der Waals surface area contributed by atoms with Crippen LogP contribution in [0, 0.1) is 6.92 Å². The van der Waals surface area contributed by atoms with Crippen molar-refractivity contribution in [2.45, 2.75) is 13.5 Å². The third kappa shape index (κ3) is 3.13. The van der Waals surface area contributed by atoms with E-state index in [1.807, 2.05) is 14.0 Å². The first kappa shape index (κ1) is 15.3. The number of aryl methyl sites for hydroxylation is 2. The lowest BCUT2D eigenvalue weighted by Crippen LogP contribution is -2.12. The van der Waals surface area contributed by atoms with Crippen LogP contribution in [0.15, 0.2) is 22.7 Å². The maximum Gasteiger partial charge on any atom is 0.131 e. The number of halogens is 2. The van der Waals surface area contributed by atoms with Crippen LogP contribution in [0.3, 0.4) is 0 Å². The van der Waals surface area contributed by atoms with Gasteiger partial charge in [0.25, 0.3) is 0 Å². The number of benzene rings is 1. The summed E-state index contributed by atoms with van der Waals surface area (Å²) in [4.78, 5) is 0.275. The monoisotopic (exact) mass is 373 g/mol. The van der Waals surface area contributed by atoms with Crippen LogP contribution in [-0.4, -0.2) is 14.8 Å². The second-order valence-corrected chi connectivity index (χ2v) is 5.93. The van der Waals surface area contributed by atoms with Crippen molar-refractivity contribution in [3.05, 3.63) is 44.6 Å². The molecule has 0 saturated carbocycles. The largest absolute Gasteiger partial charge is 0.486 e. The van der Waals surface area contributed by atoms with E-state index < -0.39 is 0 Å². The van der Waals surface area contributed by atoms with E-state index in [-0.39, 0.29) is 4.99 Å². The highest BCUT2D eigenvalue weighted by atomic mass is 79.9. The molecule has 0 unspecified atom stereocenters. The average Bonchev–Trinajstić information content (AvgIpc) is 2.61. The summed E-state index contributed by atoms with van der Waals surface area (Å²) in [6.45, 7) is 2.27. The summed E-state index contributed by atoms with van der Waals surface area (Å²) in [5.41, 5.74) is 8.18. The Kier molecular flexibility index (Phi) is 4.67. The maximum absolute atomic E-state index is 5.98. The molecule has 0 atom stereocenters. The van der Waals surface area contributed by atoms with Gasteiger partial charge in [-0.25, -0.2) is 0 Å². The number of hydrogen-bond acceptors (Lipinski definition) is 3. The Balaban J connectivity index is 2.27. The van der Waals surface area contributed by atoms with Crippen molar-refractivity contribution in [1.29, 1.82) is 0 Å². The summed E-state index contributed by atoms with van der Waals surface area (Å²) >= 11 is 14.5. The van der Waals surface area contributed by atoms with Crippen molar-refractivity contribution >= 4 is 44.7 Å². The van der Waals surface area contributed by atoms with Gasteiger partial charge in [-0.2, -0.15) is 5.10 Å². The van der Waals surface area contributed by atoms with E-state index in [1.54, 1.807) is 22.9 Å². The van der Waals surface area contributed by atoms with Crippen molar-refractivity contribution in [2.75, 3.05) is 0 Å². The lowest BCUT2D eigenvalue weighted by Gasteiger charge is -2.11. The maximum atomic E-state index is 5.98. The molecule has 4 nitrogen and oxygen atoms in total. The first-order valence-corrected chi connectivity index (χ1v) is 7.38. The van der Waals surface area contributed by atoms with Gasteiger partial charge in [-0.1, -0.05) is 23.8 Å². The zero-order valence-corrected chi connectivity index (χ0v) is 14.1. The van der Waals surface area contributed by atoms with Crippen molar-refractivity contribution in [1.82, 2.24) is 9.78 Å². The molecule has 0 fully saturated rings. The van der Waals surface area contributed by atoms with Gasteiger partial charge < -0.3 is 10.5 Å². The Labute approximate surface area is 136 Å². The first-order valence-electron chi connectivity index (χ1n) is 5.80. The summed E-state index contributed by atoms with van der Waals surface area (Å²) in [6, 6.07) is 5.18. The Bertz CT molecular complexity index is 672. The molecule has 0 saturated heterocycles. The van der Waals surface area contributed by atoms with Gasteiger partial charge in [0.15, 0.2) is 0 Å². The van der Waals surface area contributed by atoms with Crippen LogP contribution in [-0.2, 0) is 13.7 Å². The molecule has 1 aromatic heterocycles. The normalized spacial score (nSPS) is 10.6. The van der Waals surface area contributed by atoms with Crippen molar-refractivity contribution in [3.8, 4) is 5.75 Å². The Morgan fingerprint density at radius 2 is 2.25 bits per heavy atom. The van der Waals surface area contributed by atoms with Crippen molar-refractivity contribution < 1.29 is 4.74 Å². The van der Waals surface area contributed by atoms with Gasteiger partial charge in [-0.15, -0.1) is 0 Å². The fourth-order valence-corrected chi connectivity index (χ4v) is 2.58. The fraction of sp³-hybridized carbons (Fsp3) is 0.231. The van der Waals surface area contributed by atoms with E-state index in [4.69, 9.17) is 34.3 Å². The van der Waals surface area contributed by atoms with E-state index in [2.05, 4.69) is 21.0 Å². The van der Waals surface area contributed by atoms with Crippen LogP contribution in [0.2, 0.25) is 5.02 Å². The standard InChI is InChI=1S/C13H13BrClN3OS/c1-7-12(14)10(18(2)17-7)6-19-11-5-8(15)3-4-9(11)13(16)20/h3-5H,6H2,1-2H3,(H2,16,20). The number of thiocarbonyl (C=S) groups is 1. The van der Waals surface area contributed by atoms with Crippen LogP contribution < -0.4 is 10.5 Å². The van der Waals surface area contributed by atoms with E-state index in [1.165, 1.54) is 0 Å². The highest BCUT2D eigenvalue weighted by molar-refractivity contribution is 9.10. The van der Waals surface area contributed by atoms with Gasteiger partial charge in [-0.3, -0.25) is 4.68 Å². The Morgan fingerprint density at radius 3 is 2.80 bits per heavy atom. The van der Waals surface area contributed by atoms with E-state index in [0.29, 0.717) is 22.9 Å².